The van der Waals surface area contributed by atoms with Crippen molar-refractivity contribution in [1.29, 1.82) is 0 Å². The van der Waals surface area contributed by atoms with Gasteiger partial charge in [-0.1, -0.05) is 0 Å². The zero-order valence-corrected chi connectivity index (χ0v) is 17.8. The molecule has 0 N–H and O–H groups in total. The van der Waals surface area contributed by atoms with E-state index in [1.54, 1.807) is 0 Å². The molecule has 1 unspecified atom stereocenters. The van der Waals surface area contributed by atoms with E-state index >= 15 is 0 Å². The van der Waals surface area contributed by atoms with E-state index in [-0.39, 0.29) is 23.0 Å². The van der Waals surface area contributed by atoms with Crippen LogP contribution in [0.1, 0.15) is 35.0 Å². The number of carbonyl (C=O) groups is 3. The number of carbonyl (C=O) groups excluding carboxylic acids is 3. The van der Waals surface area contributed by atoms with Crippen molar-refractivity contribution in [3.05, 3.63) is 21.9 Å². The van der Waals surface area contributed by atoms with Crippen LogP contribution in [0, 0.1) is 5.41 Å². The SMILES string of the molecule is CC(=O)c1cc(CC(=O)N2CCC3(CCN(CCN4CCOCC4)C3=O)C2)cs1. The third kappa shape index (κ3) is 4.39. The summed E-state index contributed by atoms with van der Waals surface area (Å²) in [5.74, 6) is 0.298. The molecule has 7 nitrogen and oxygen atoms in total. The molecule has 158 valence electrons. The number of likely N-dealkylation sites (tertiary alicyclic amines) is 2. The van der Waals surface area contributed by atoms with Crippen LogP contribution in [0.3, 0.4) is 0 Å². The quantitative estimate of drug-likeness (QED) is 0.650. The van der Waals surface area contributed by atoms with Crippen molar-refractivity contribution in [3.8, 4) is 0 Å². The summed E-state index contributed by atoms with van der Waals surface area (Å²) in [6, 6.07) is 1.81. The van der Waals surface area contributed by atoms with E-state index in [4.69, 9.17) is 4.74 Å². The molecule has 29 heavy (non-hydrogen) atoms. The summed E-state index contributed by atoms with van der Waals surface area (Å²) in [5, 5.41) is 1.88. The Bertz CT molecular complexity index is 789. The number of thiophene rings is 1. The Kier molecular flexibility index (Phi) is 6.03. The van der Waals surface area contributed by atoms with E-state index in [1.165, 1.54) is 18.3 Å². The number of amides is 2. The largest absolute Gasteiger partial charge is 0.379 e. The fourth-order valence-electron chi connectivity index (χ4n) is 4.60. The van der Waals surface area contributed by atoms with Crippen molar-refractivity contribution in [2.24, 2.45) is 5.41 Å². The molecule has 1 aromatic heterocycles. The highest BCUT2D eigenvalue weighted by molar-refractivity contribution is 7.12. The van der Waals surface area contributed by atoms with Gasteiger partial charge < -0.3 is 14.5 Å². The molecule has 0 radical (unpaired) electrons. The molecule has 1 spiro atoms. The first-order valence-electron chi connectivity index (χ1n) is 10.4. The van der Waals surface area contributed by atoms with Crippen molar-refractivity contribution >= 4 is 28.9 Å². The zero-order valence-electron chi connectivity index (χ0n) is 17.0. The number of hydrogen-bond donors (Lipinski definition) is 0. The molecule has 0 aliphatic carbocycles. The van der Waals surface area contributed by atoms with E-state index in [9.17, 15) is 14.4 Å². The van der Waals surface area contributed by atoms with E-state index in [0.29, 0.717) is 24.4 Å². The minimum atomic E-state index is -0.389. The Morgan fingerprint density at radius 1 is 1.14 bits per heavy atom. The fourth-order valence-corrected chi connectivity index (χ4v) is 5.41. The maximum Gasteiger partial charge on any atom is 0.230 e. The van der Waals surface area contributed by atoms with Gasteiger partial charge in [-0.3, -0.25) is 19.3 Å². The summed E-state index contributed by atoms with van der Waals surface area (Å²) in [6.45, 7) is 8.57. The Balaban J connectivity index is 1.30. The number of nitrogens with zero attached hydrogens (tertiary/aromatic N) is 3. The van der Waals surface area contributed by atoms with Gasteiger partial charge in [0.05, 0.1) is 29.9 Å². The minimum absolute atomic E-state index is 0.0301. The molecule has 3 saturated heterocycles. The predicted octanol–water partition coefficient (Wildman–Crippen LogP) is 1.28. The highest BCUT2D eigenvalue weighted by Gasteiger charge is 2.51. The lowest BCUT2D eigenvalue weighted by molar-refractivity contribution is -0.136. The Hall–Kier alpha value is -1.77. The number of rotatable bonds is 6. The molecule has 0 aromatic carbocycles. The zero-order chi connectivity index (χ0) is 20.4. The van der Waals surface area contributed by atoms with E-state index in [2.05, 4.69) is 4.90 Å². The van der Waals surface area contributed by atoms with Crippen molar-refractivity contribution in [1.82, 2.24) is 14.7 Å². The van der Waals surface area contributed by atoms with Gasteiger partial charge in [0.2, 0.25) is 11.8 Å². The van der Waals surface area contributed by atoms with Crippen LogP contribution in [0.15, 0.2) is 11.4 Å². The van der Waals surface area contributed by atoms with Gasteiger partial charge in [0.25, 0.3) is 0 Å². The lowest BCUT2D eigenvalue weighted by Crippen LogP contribution is -2.44. The lowest BCUT2D eigenvalue weighted by Gasteiger charge is -2.29. The minimum Gasteiger partial charge on any atom is -0.379 e. The van der Waals surface area contributed by atoms with Crippen LogP contribution >= 0.6 is 11.3 Å². The molecule has 4 rings (SSSR count). The summed E-state index contributed by atoms with van der Waals surface area (Å²) in [7, 11) is 0. The Morgan fingerprint density at radius 3 is 2.62 bits per heavy atom. The van der Waals surface area contributed by atoms with Gasteiger partial charge in [0, 0.05) is 45.8 Å². The highest BCUT2D eigenvalue weighted by atomic mass is 32.1. The summed E-state index contributed by atoms with van der Waals surface area (Å²) >= 11 is 1.39. The molecule has 3 aliphatic heterocycles. The van der Waals surface area contributed by atoms with Crippen LogP contribution in [-0.2, 0) is 20.7 Å². The first-order valence-corrected chi connectivity index (χ1v) is 11.3. The standard InChI is InChI=1S/C21H29N3O4S/c1-16(25)18-12-17(14-29-18)13-19(26)24-5-3-21(15-24)2-4-23(20(21)27)7-6-22-8-10-28-11-9-22/h12,14H,2-11,13,15H2,1H3. The van der Waals surface area contributed by atoms with Gasteiger partial charge >= 0.3 is 0 Å². The van der Waals surface area contributed by atoms with Crippen molar-refractivity contribution in [3.63, 3.8) is 0 Å². The molecule has 2 amide bonds. The maximum atomic E-state index is 13.1. The van der Waals surface area contributed by atoms with Crippen LogP contribution in [0.4, 0.5) is 0 Å². The molecule has 3 aliphatic rings. The second kappa shape index (κ2) is 8.53. The van der Waals surface area contributed by atoms with Crippen LogP contribution < -0.4 is 0 Å². The summed E-state index contributed by atoms with van der Waals surface area (Å²) in [6.07, 6.45) is 1.90. The lowest BCUT2D eigenvalue weighted by atomic mass is 9.85. The fraction of sp³-hybridized carbons (Fsp3) is 0.667. The predicted molar refractivity (Wildman–Crippen MR) is 110 cm³/mol. The van der Waals surface area contributed by atoms with Gasteiger partial charge in [0.15, 0.2) is 5.78 Å². The maximum absolute atomic E-state index is 13.1. The molecule has 3 fully saturated rings. The number of morpholine rings is 1. The Morgan fingerprint density at radius 2 is 1.90 bits per heavy atom. The molecule has 0 saturated carbocycles. The normalized spacial score (nSPS) is 25.3. The van der Waals surface area contributed by atoms with Crippen LogP contribution in [0.25, 0.3) is 0 Å². The summed E-state index contributed by atoms with van der Waals surface area (Å²) in [5.41, 5.74) is 0.496. The summed E-state index contributed by atoms with van der Waals surface area (Å²) < 4.78 is 5.38. The molecule has 1 atom stereocenters. The smallest absolute Gasteiger partial charge is 0.230 e. The van der Waals surface area contributed by atoms with Gasteiger partial charge in [-0.25, -0.2) is 0 Å². The number of Topliss-reactive ketones (excluding diaryl/α,β-unsaturated/α-hetero) is 1. The second-order valence-electron chi connectivity index (χ2n) is 8.39. The van der Waals surface area contributed by atoms with Crippen molar-refractivity contribution in [2.45, 2.75) is 26.2 Å². The van der Waals surface area contributed by atoms with E-state index in [1.807, 2.05) is 21.2 Å². The molecule has 4 heterocycles. The van der Waals surface area contributed by atoms with Crippen molar-refractivity contribution in [2.75, 3.05) is 59.0 Å². The first kappa shape index (κ1) is 20.5. The summed E-state index contributed by atoms with van der Waals surface area (Å²) in [4.78, 5) is 44.2. The second-order valence-corrected chi connectivity index (χ2v) is 9.31. The molecule has 1 aromatic rings. The third-order valence-corrected chi connectivity index (χ3v) is 7.53. The average molecular weight is 420 g/mol. The van der Waals surface area contributed by atoms with E-state index in [0.717, 1.165) is 64.3 Å². The number of hydrogen-bond acceptors (Lipinski definition) is 6. The molecular weight excluding hydrogens is 390 g/mol. The van der Waals surface area contributed by atoms with Crippen LogP contribution in [-0.4, -0.2) is 91.3 Å². The highest BCUT2D eigenvalue weighted by Crippen LogP contribution is 2.40. The number of ketones is 1. The first-order chi connectivity index (χ1) is 14.0. The molecule has 8 heteroatoms. The molecule has 0 bridgehead atoms. The topological polar surface area (TPSA) is 70.2 Å². The van der Waals surface area contributed by atoms with Gasteiger partial charge in [0.1, 0.15) is 0 Å². The third-order valence-electron chi connectivity index (χ3n) is 6.45. The van der Waals surface area contributed by atoms with Gasteiger partial charge in [-0.2, -0.15) is 0 Å². The van der Waals surface area contributed by atoms with Gasteiger partial charge in [-0.05, 0) is 36.8 Å². The van der Waals surface area contributed by atoms with Crippen molar-refractivity contribution < 1.29 is 19.1 Å². The average Bonchev–Trinajstić information content (AvgIpc) is 3.43. The Labute approximate surface area is 175 Å². The van der Waals surface area contributed by atoms with Crippen LogP contribution in [0.5, 0.6) is 0 Å². The monoisotopic (exact) mass is 419 g/mol. The van der Waals surface area contributed by atoms with Crippen LogP contribution in [0.2, 0.25) is 0 Å². The van der Waals surface area contributed by atoms with Gasteiger partial charge in [-0.15, -0.1) is 11.3 Å². The molecular formula is C21H29N3O4S. The number of ether oxygens (including phenoxy) is 1. The van der Waals surface area contributed by atoms with E-state index < -0.39 is 0 Å².